The van der Waals surface area contributed by atoms with Crippen molar-refractivity contribution in [2.75, 3.05) is 26.2 Å². The Morgan fingerprint density at radius 2 is 1.77 bits per heavy atom. The summed E-state index contributed by atoms with van der Waals surface area (Å²) in [5.74, 6) is -1.63. The van der Waals surface area contributed by atoms with E-state index in [1.807, 2.05) is 30.3 Å². The summed E-state index contributed by atoms with van der Waals surface area (Å²) in [6.07, 6.45) is 6.77. The molecule has 1 heterocycles. The van der Waals surface area contributed by atoms with Gasteiger partial charge in [-0.2, -0.15) is 0 Å². The molecule has 1 aliphatic heterocycles. The fourth-order valence-corrected chi connectivity index (χ4v) is 4.39. The average Bonchev–Trinajstić information content (AvgIpc) is 2.95. The van der Waals surface area contributed by atoms with Crippen molar-refractivity contribution in [3.63, 3.8) is 0 Å². The summed E-state index contributed by atoms with van der Waals surface area (Å²) in [5.41, 5.74) is 6.62. The number of carbonyl (C=O) groups excluding carboxylic acids is 2. The Labute approximate surface area is 221 Å². The number of hydrogen-bond donors (Lipinski definition) is 3. The summed E-state index contributed by atoms with van der Waals surface area (Å²) < 4.78 is 5.25. The van der Waals surface area contributed by atoms with Crippen molar-refractivity contribution in [2.45, 2.75) is 76.3 Å². The molecule has 200 valence electrons. The van der Waals surface area contributed by atoms with Gasteiger partial charge in [0, 0.05) is 12.5 Å². The third-order valence-corrected chi connectivity index (χ3v) is 6.12. The molecule has 0 radical (unpaired) electrons. The zero-order chi connectivity index (χ0) is 24.1. The second kappa shape index (κ2) is 18.4. The number of halogens is 2. The smallest absolute Gasteiger partial charge is 0.323 e. The second-order valence-electron chi connectivity index (χ2n) is 8.67. The van der Waals surface area contributed by atoms with Crippen LogP contribution in [0.4, 0.5) is 0 Å². The number of nitrogens with zero attached hydrogens (tertiary/aromatic N) is 1. The first kappa shape index (κ1) is 33.1. The van der Waals surface area contributed by atoms with Crippen molar-refractivity contribution in [1.29, 1.82) is 0 Å². The molecule has 2 rings (SSSR count). The van der Waals surface area contributed by atoms with Crippen LogP contribution in [-0.2, 0) is 19.1 Å². The molecule has 0 unspecified atom stereocenters. The van der Waals surface area contributed by atoms with Crippen molar-refractivity contribution in [1.82, 2.24) is 10.2 Å². The molecule has 4 N–H and O–H groups in total. The molecule has 1 saturated heterocycles. The number of nitrogens with one attached hydrogen (secondary N) is 1. The first-order chi connectivity index (χ1) is 16.0. The molecule has 0 aliphatic carbocycles. The molecular formula is C25H41Cl2N3O5. The normalized spacial score (nSPS) is 18.6. The second-order valence-corrected chi connectivity index (χ2v) is 8.67. The molecule has 8 nitrogen and oxygen atoms in total. The lowest BCUT2D eigenvalue weighted by molar-refractivity contribution is -0.148. The quantitative estimate of drug-likeness (QED) is 0.247. The van der Waals surface area contributed by atoms with Crippen molar-refractivity contribution in [3.8, 4) is 0 Å². The number of amides is 1. The van der Waals surface area contributed by atoms with Crippen molar-refractivity contribution in [2.24, 2.45) is 5.73 Å². The number of aliphatic carboxylic acids is 1. The maximum Gasteiger partial charge on any atom is 0.323 e. The van der Waals surface area contributed by atoms with E-state index < -0.39 is 18.1 Å². The molecule has 0 aromatic heterocycles. The van der Waals surface area contributed by atoms with E-state index >= 15 is 0 Å². The first-order valence-corrected chi connectivity index (χ1v) is 12.1. The molecular weight excluding hydrogens is 493 g/mol. The van der Waals surface area contributed by atoms with Gasteiger partial charge in [0.2, 0.25) is 5.91 Å². The summed E-state index contributed by atoms with van der Waals surface area (Å²) in [4.78, 5) is 38.7. The fourth-order valence-electron chi connectivity index (χ4n) is 4.39. The minimum Gasteiger partial charge on any atom is -0.480 e. The van der Waals surface area contributed by atoms with E-state index in [1.165, 1.54) is 4.90 Å². The Morgan fingerprint density at radius 1 is 1.11 bits per heavy atom. The molecule has 0 saturated carbocycles. The van der Waals surface area contributed by atoms with Gasteiger partial charge in [0.25, 0.3) is 0 Å². The lowest BCUT2D eigenvalue weighted by Gasteiger charge is -2.27. The van der Waals surface area contributed by atoms with Crippen molar-refractivity contribution >= 4 is 42.7 Å². The van der Waals surface area contributed by atoms with Crippen molar-refractivity contribution < 1.29 is 24.2 Å². The number of unbranched alkanes of at least 4 members (excludes halogenated alkanes) is 4. The summed E-state index contributed by atoms with van der Waals surface area (Å²) in [6, 6.07) is 8.64. The number of nitrogens with two attached hydrogens (primary N) is 1. The van der Waals surface area contributed by atoms with E-state index in [-0.39, 0.29) is 55.8 Å². The molecule has 1 fully saturated rings. The van der Waals surface area contributed by atoms with Gasteiger partial charge in [0.15, 0.2) is 0 Å². The molecule has 1 amide bonds. The van der Waals surface area contributed by atoms with Gasteiger partial charge in [-0.05, 0) is 44.7 Å². The van der Waals surface area contributed by atoms with E-state index in [0.717, 1.165) is 44.1 Å². The number of hydrogen-bond acceptors (Lipinski definition) is 6. The van der Waals surface area contributed by atoms with Crippen LogP contribution in [0.25, 0.3) is 0 Å². The topological polar surface area (TPSA) is 122 Å². The number of likely N-dealkylation sites (tertiary alicyclic amines) is 1. The van der Waals surface area contributed by atoms with Crippen LogP contribution in [0, 0.1) is 0 Å². The van der Waals surface area contributed by atoms with Crippen LogP contribution in [0.15, 0.2) is 30.3 Å². The van der Waals surface area contributed by atoms with Gasteiger partial charge in [-0.1, -0.05) is 56.0 Å². The molecule has 3 atom stereocenters. The minimum absolute atomic E-state index is 0. The average molecular weight is 535 g/mol. The summed E-state index contributed by atoms with van der Waals surface area (Å²) in [6.45, 7) is 2.71. The van der Waals surface area contributed by atoms with Gasteiger partial charge in [0.1, 0.15) is 12.6 Å². The fraction of sp³-hybridized carbons (Fsp3) is 0.640. The summed E-state index contributed by atoms with van der Waals surface area (Å²) in [5, 5.41) is 12.6. The molecule has 1 aliphatic rings. The molecule has 0 spiro atoms. The van der Waals surface area contributed by atoms with Crippen LogP contribution in [0.2, 0.25) is 0 Å². The highest BCUT2D eigenvalue weighted by molar-refractivity contribution is 5.87. The predicted molar refractivity (Wildman–Crippen MR) is 141 cm³/mol. The van der Waals surface area contributed by atoms with E-state index in [4.69, 9.17) is 10.5 Å². The van der Waals surface area contributed by atoms with Gasteiger partial charge in [-0.25, -0.2) is 0 Å². The zero-order valence-electron chi connectivity index (χ0n) is 20.5. The minimum atomic E-state index is -1.05. The lowest BCUT2D eigenvalue weighted by Crippen LogP contribution is -2.52. The Morgan fingerprint density at radius 3 is 2.40 bits per heavy atom. The third-order valence-electron chi connectivity index (χ3n) is 6.12. The number of ether oxygens (including phenoxy) is 1. The number of rotatable bonds is 14. The highest BCUT2D eigenvalue weighted by atomic mass is 35.5. The first-order valence-electron chi connectivity index (χ1n) is 12.1. The molecule has 0 bridgehead atoms. The highest BCUT2D eigenvalue weighted by Crippen LogP contribution is 2.27. The largest absolute Gasteiger partial charge is 0.480 e. The van der Waals surface area contributed by atoms with Gasteiger partial charge in [0.05, 0.1) is 12.6 Å². The third kappa shape index (κ3) is 11.6. The van der Waals surface area contributed by atoms with Gasteiger partial charge < -0.3 is 20.5 Å². The Bertz CT molecular complexity index is 754. The number of esters is 1. The molecule has 35 heavy (non-hydrogen) atoms. The predicted octanol–water partition coefficient (Wildman–Crippen LogP) is 3.51. The Balaban J connectivity index is 0.00000578. The van der Waals surface area contributed by atoms with Gasteiger partial charge in [-0.15, -0.1) is 24.8 Å². The Kier molecular flexibility index (Phi) is 17.4. The van der Waals surface area contributed by atoms with Crippen LogP contribution in [0.3, 0.4) is 0 Å². The molecule has 1 aromatic carbocycles. The number of benzene rings is 1. The van der Waals surface area contributed by atoms with Crippen LogP contribution in [-0.4, -0.2) is 66.2 Å². The van der Waals surface area contributed by atoms with E-state index in [0.29, 0.717) is 25.9 Å². The maximum absolute atomic E-state index is 13.3. The van der Waals surface area contributed by atoms with Crippen LogP contribution in [0.1, 0.15) is 69.8 Å². The van der Waals surface area contributed by atoms with Crippen LogP contribution in [0.5, 0.6) is 0 Å². The van der Waals surface area contributed by atoms with Crippen molar-refractivity contribution in [3.05, 3.63) is 35.9 Å². The molecule has 10 heteroatoms. The summed E-state index contributed by atoms with van der Waals surface area (Å²) >= 11 is 0. The Hall–Kier alpha value is -1.87. The highest BCUT2D eigenvalue weighted by Gasteiger charge is 2.35. The van der Waals surface area contributed by atoms with E-state index in [1.54, 1.807) is 6.92 Å². The van der Waals surface area contributed by atoms with Crippen LogP contribution >= 0.6 is 24.8 Å². The van der Waals surface area contributed by atoms with Gasteiger partial charge >= 0.3 is 11.9 Å². The van der Waals surface area contributed by atoms with Gasteiger partial charge in [-0.3, -0.25) is 19.7 Å². The van der Waals surface area contributed by atoms with Crippen LogP contribution < -0.4 is 11.1 Å². The summed E-state index contributed by atoms with van der Waals surface area (Å²) in [7, 11) is 0. The van der Waals surface area contributed by atoms with E-state index in [9.17, 15) is 19.5 Å². The monoisotopic (exact) mass is 533 g/mol. The zero-order valence-corrected chi connectivity index (χ0v) is 22.2. The number of carboxylic acids is 1. The number of carbonyl (C=O) groups is 3. The number of carboxylic acid groups (broad SMARTS) is 1. The standard InChI is InChI=1S/C25H39N3O5.2ClH/c1-2-33-25(32)22(13-9-4-3-5-10-16-26)27-21-15-14-20(19-11-7-6-8-12-19)17-28(24(21)31)18-23(29)30;;/h6-8,11-12,20-22,27H,2-5,9-10,13-18,26H2,1H3,(H,29,30);2*1H/t20-,21-,22-;;/m0../s1. The molecule has 1 aromatic rings. The SMILES string of the molecule is CCOC(=O)[C@H](CCCCCCCN)N[C@H]1CC[C@H](c2ccccc2)CN(CC(=O)O)C1=O.Cl.Cl. The van der Waals surface area contributed by atoms with E-state index in [2.05, 4.69) is 5.32 Å². The maximum atomic E-state index is 13.3. The lowest BCUT2D eigenvalue weighted by atomic mass is 9.93.